The van der Waals surface area contributed by atoms with Crippen LogP contribution in [0, 0.1) is 16.7 Å². The number of ether oxygens (including phenoxy) is 2. The van der Waals surface area contributed by atoms with E-state index in [-0.39, 0.29) is 11.3 Å². The fraction of sp³-hybridized carbons (Fsp3) is 0.550. The SMILES string of the molecule is CC1(C)COC2(C=C3c4ccccc4CC[C@H]3[C@]2(C)C=O)OC1. The van der Waals surface area contributed by atoms with Gasteiger partial charge in [0, 0.05) is 11.3 Å². The van der Waals surface area contributed by atoms with Gasteiger partial charge < -0.3 is 14.3 Å². The third-order valence-corrected chi connectivity index (χ3v) is 5.83. The van der Waals surface area contributed by atoms with Gasteiger partial charge in [0.1, 0.15) is 6.29 Å². The molecular weight excluding hydrogens is 288 g/mol. The number of benzene rings is 1. The van der Waals surface area contributed by atoms with Crippen LogP contribution in [0.4, 0.5) is 0 Å². The number of allylic oxidation sites excluding steroid dienone is 1. The summed E-state index contributed by atoms with van der Waals surface area (Å²) in [4.78, 5) is 12.1. The number of aldehydes is 1. The Balaban J connectivity index is 1.82. The summed E-state index contributed by atoms with van der Waals surface area (Å²) in [5.74, 6) is -0.752. The first kappa shape index (κ1) is 15.1. The largest absolute Gasteiger partial charge is 0.345 e. The molecule has 23 heavy (non-hydrogen) atoms. The van der Waals surface area contributed by atoms with E-state index in [1.54, 1.807) is 0 Å². The van der Waals surface area contributed by atoms with Crippen LogP contribution in [-0.2, 0) is 20.7 Å². The minimum atomic E-state index is -0.915. The van der Waals surface area contributed by atoms with E-state index in [4.69, 9.17) is 9.47 Å². The summed E-state index contributed by atoms with van der Waals surface area (Å²) in [5, 5.41) is 0. The molecule has 1 aliphatic heterocycles. The van der Waals surface area contributed by atoms with Crippen LogP contribution in [0.15, 0.2) is 30.3 Å². The van der Waals surface area contributed by atoms with E-state index in [0.29, 0.717) is 13.2 Å². The normalized spacial score (nSPS) is 33.7. The van der Waals surface area contributed by atoms with Gasteiger partial charge in [0.2, 0.25) is 5.79 Å². The highest BCUT2D eigenvalue weighted by molar-refractivity contribution is 5.82. The summed E-state index contributed by atoms with van der Waals surface area (Å²) in [7, 11) is 0. The average Bonchev–Trinajstić information content (AvgIpc) is 2.81. The molecule has 122 valence electrons. The number of carbonyl (C=O) groups excluding carboxylic acids is 1. The Labute approximate surface area is 137 Å². The molecule has 3 heteroatoms. The Morgan fingerprint density at radius 3 is 2.52 bits per heavy atom. The Bertz CT molecular complexity index is 678. The number of fused-ring (bicyclic) bond motifs is 3. The molecule has 0 unspecified atom stereocenters. The molecule has 0 amide bonds. The predicted molar refractivity (Wildman–Crippen MR) is 88.8 cm³/mol. The molecule has 2 aliphatic carbocycles. The molecule has 2 atom stereocenters. The van der Waals surface area contributed by atoms with Gasteiger partial charge in [-0.25, -0.2) is 0 Å². The second kappa shape index (κ2) is 4.78. The fourth-order valence-electron chi connectivity index (χ4n) is 4.31. The minimum absolute atomic E-state index is 0.0147. The van der Waals surface area contributed by atoms with Gasteiger partial charge in [0.05, 0.1) is 18.6 Å². The molecule has 1 fully saturated rings. The van der Waals surface area contributed by atoms with Gasteiger partial charge in [-0.2, -0.15) is 0 Å². The van der Waals surface area contributed by atoms with Crippen molar-refractivity contribution in [3.05, 3.63) is 41.5 Å². The molecule has 1 aromatic rings. The van der Waals surface area contributed by atoms with Crippen LogP contribution in [0.25, 0.3) is 5.57 Å². The zero-order valence-corrected chi connectivity index (χ0v) is 14.1. The summed E-state index contributed by atoms with van der Waals surface area (Å²) in [6.07, 6.45) is 5.13. The van der Waals surface area contributed by atoms with Gasteiger partial charge >= 0.3 is 0 Å². The van der Waals surface area contributed by atoms with Crippen LogP contribution < -0.4 is 0 Å². The first-order chi connectivity index (χ1) is 10.9. The van der Waals surface area contributed by atoms with Crippen molar-refractivity contribution in [1.82, 2.24) is 0 Å². The first-order valence-electron chi connectivity index (χ1n) is 8.46. The van der Waals surface area contributed by atoms with E-state index in [1.807, 2.05) is 6.92 Å². The van der Waals surface area contributed by atoms with Gasteiger partial charge in [0.15, 0.2) is 0 Å². The average molecular weight is 312 g/mol. The maximum absolute atomic E-state index is 12.1. The van der Waals surface area contributed by atoms with Crippen molar-refractivity contribution >= 4 is 11.9 Å². The van der Waals surface area contributed by atoms with Gasteiger partial charge in [-0.15, -0.1) is 0 Å². The molecule has 3 nitrogen and oxygen atoms in total. The van der Waals surface area contributed by atoms with Crippen LogP contribution in [-0.4, -0.2) is 25.3 Å². The summed E-state index contributed by atoms with van der Waals surface area (Å²) >= 11 is 0. The Hall–Kier alpha value is -1.45. The number of hydrogen-bond donors (Lipinski definition) is 0. The molecule has 4 rings (SSSR count). The lowest BCUT2D eigenvalue weighted by molar-refractivity contribution is -0.309. The van der Waals surface area contributed by atoms with Crippen molar-refractivity contribution in [3.63, 3.8) is 0 Å². The van der Waals surface area contributed by atoms with Gasteiger partial charge in [-0.05, 0) is 42.5 Å². The zero-order chi connectivity index (χ0) is 16.3. The quantitative estimate of drug-likeness (QED) is 0.743. The van der Waals surface area contributed by atoms with E-state index in [0.717, 1.165) is 19.1 Å². The second-order valence-electron chi connectivity index (χ2n) is 8.16. The molecule has 0 aromatic heterocycles. The van der Waals surface area contributed by atoms with Gasteiger partial charge in [-0.1, -0.05) is 38.1 Å². The van der Waals surface area contributed by atoms with Crippen molar-refractivity contribution < 1.29 is 14.3 Å². The molecule has 0 N–H and O–H groups in total. The third-order valence-electron chi connectivity index (χ3n) is 5.83. The molecule has 0 saturated carbocycles. The number of aryl methyl sites for hydroxylation is 1. The number of hydrogen-bond acceptors (Lipinski definition) is 3. The Morgan fingerprint density at radius 2 is 1.83 bits per heavy atom. The maximum atomic E-state index is 12.1. The fourth-order valence-corrected chi connectivity index (χ4v) is 4.31. The molecule has 3 aliphatic rings. The molecular formula is C20H24O3. The molecule has 1 heterocycles. The third kappa shape index (κ3) is 1.99. The Kier molecular flexibility index (Phi) is 3.14. The van der Waals surface area contributed by atoms with E-state index < -0.39 is 11.2 Å². The van der Waals surface area contributed by atoms with Crippen LogP contribution in [0.3, 0.4) is 0 Å². The monoisotopic (exact) mass is 312 g/mol. The molecule has 1 saturated heterocycles. The van der Waals surface area contributed by atoms with Crippen molar-refractivity contribution in [2.45, 2.75) is 39.4 Å². The lowest BCUT2D eigenvalue weighted by Gasteiger charge is -2.48. The maximum Gasteiger partial charge on any atom is 0.201 e. The van der Waals surface area contributed by atoms with Gasteiger partial charge in [-0.3, -0.25) is 0 Å². The molecule has 0 bridgehead atoms. The van der Waals surface area contributed by atoms with Crippen molar-refractivity contribution in [3.8, 4) is 0 Å². The van der Waals surface area contributed by atoms with Crippen LogP contribution in [0.1, 0.15) is 38.3 Å². The van der Waals surface area contributed by atoms with Crippen LogP contribution in [0.2, 0.25) is 0 Å². The summed E-state index contributed by atoms with van der Waals surface area (Å²) in [5.41, 5.74) is 3.16. The predicted octanol–water partition coefficient (Wildman–Crippen LogP) is 3.62. The highest BCUT2D eigenvalue weighted by Crippen LogP contribution is 2.59. The highest BCUT2D eigenvalue weighted by atomic mass is 16.7. The minimum Gasteiger partial charge on any atom is -0.345 e. The summed E-state index contributed by atoms with van der Waals surface area (Å²) in [6, 6.07) is 8.49. The summed E-state index contributed by atoms with van der Waals surface area (Å²) in [6.45, 7) is 7.47. The number of carbonyl (C=O) groups is 1. The van der Waals surface area contributed by atoms with E-state index in [9.17, 15) is 4.79 Å². The molecule has 0 radical (unpaired) electrons. The highest BCUT2D eigenvalue weighted by Gasteiger charge is 2.62. The number of rotatable bonds is 1. The first-order valence-corrected chi connectivity index (χ1v) is 8.46. The van der Waals surface area contributed by atoms with E-state index in [1.165, 1.54) is 16.7 Å². The zero-order valence-electron chi connectivity index (χ0n) is 14.1. The second-order valence-corrected chi connectivity index (χ2v) is 8.16. The van der Waals surface area contributed by atoms with Crippen molar-refractivity contribution in [2.24, 2.45) is 16.7 Å². The molecule has 1 spiro atoms. The van der Waals surface area contributed by atoms with Crippen molar-refractivity contribution in [2.75, 3.05) is 13.2 Å². The Morgan fingerprint density at radius 1 is 1.13 bits per heavy atom. The smallest absolute Gasteiger partial charge is 0.201 e. The van der Waals surface area contributed by atoms with Crippen molar-refractivity contribution in [1.29, 1.82) is 0 Å². The summed E-state index contributed by atoms with van der Waals surface area (Å²) < 4.78 is 12.5. The topological polar surface area (TPSA) is 35.5 Å². The van der Waals surface area contributed by atoms with E-state index in [2.05, 4.69) is 44.2 Å². The standard InChI is InChI=1S/C20H24O3/c1-18(2)12-22-20(23-13-18)10-16-15-7-5-4-6-14(15)8-9-17(16)19(20,3)11-21/h4-7,10-11,17H,8-9,12-13H2,1-3H3/t17-,19+/m1/s1. The lowest BCUT2D eigenvalue weighted by Crippen LogP contribution is -2.56. The van der Waals surface area contributed by atoms with Crippen LogP contribution in [0.5, 0.6) is 0 Å². The lowest BCUT2D eigenvalue weighted by atomic mass is 9.68. The van der Waals surface area contributed by atoms with E-state index >= 15 is 0 Å². The molecule has 1 aromatic carbocycles. The van der Waals surface area contributed by atoms with Crippen LogP contribution >= 0.6 is 0 Å². The van der Waals surface area contributed by atoms with Gasteiger partial charge in [0.25, 0.3) is 0 Å².